The fourth-order valence-corrected chi connectivity index (χ4v) is 4.98. The monoisotopic (exact) mass is 495 g/mol. The number of methoxy groups -OCH3 is 3. The van der Waals surface area contributed by atoms with Crippen molar-refractivity contribution in [3.8, 4) is 17.2 Å². The summed E-state index contributed by atoms with van der Waals surface area (Å²) in [6, 6.07) is 3.53. The lowest BCUT2D eigenvalue weighted by Crippen LogP contribution is -2.63. The summed E-state index contributed by atoms with van der Waals surface area (Å²) in [4.78, 5) is 5.71. The van der Waals surface area contributed by atoms with Crippen LogP contribution >= 0.6 is 0 Å². The first-order valence-corrected chi connectivity index (χ1v) is 11.6. The zero-order chi connectivity index (χ0) is 25.0. The number of nitrogens with zero attached hydrogens (tertiary/aromatic N) is 1. The van der Waals surface area contributed by atoms with E-state index in [-0.39, 0.29) is 12.7 Å². The SMILES string of the molecule is COc1cc(OC)c(C2=NO[C@@H](O[C@@H]3[C@@H]4OC(C)(C)O[C@@H]4CO[C@]34COC(C)(C)O4)C2)c(OC)c1. The number of oxime groups is 1. The Morgan fingerprint density at radius 1 is 0.914 bits per heavy atom. The summed E-state index contributed by atoms with van der Waals surface area (Å²) < 4.78 is 53.5. The summed E-state index contributed by atoms with van der Waals surface area (Å²) in [5, 5.41) is 4.29. The largest absolute Gasteiger partial charge is 0.496 e. The van der Waals surface area contributed by atoms with Gasteiger partial charge in [-0.1, -0.05) is 5.16 Å². The van der Waals surface area contributed by atoms with Crippen LogP contribution in [0.2, 0.25) is 0 Å². The number of ether oxygens (including phenoxy) is 9. The molecule has 4 heterocycles. The third kappa shape index (κ3) is 4.45. The Balaban J connectivity index is 1.39. The van der Waals surface area contributed by atoms with Crippen molar-refractivity contribution in [3.05, 3.63) is 17.7 Å². The number of hydrogen-bond acceptors (Lipinski definition) is 11. The highest BCUT2D eigenvalue weighted by Gasteiger charge is 2.64. The number of rotatable bonds is 6. The molecule has 0 radical (unpaired) electrons. The van der Waals surface area contributed by atoms with Crippen molar-refractivity contribution in [2.75, 3.05) is 34.5 Å². The lowest BCUT2D eigenvalue weighted by Gasteiger charge is -2.44. The highest BCUT2D eigenvalue weighted by Crippen LogP contribution is 2.46. The Kier molecular flexibility index (Phi) is 6.14. The Labute approximate surface area is 204 Å². The van der Waals surface area contributed by atoms with Crippen LogP contribution in [0.3, 0.4) is 0 Å². The van der Waals surface area contributed by atoms with Gasteiger partial charge in [0.25, 0.3) is 0 Å². The van der Waals surface area contributed by atoms with Gasteiger partial charge in [-0.2, -0.15) is 0 Å². The maximum atomic E-state index is 6.46. The van der Waals surface area contributed by atoms with Crippen molar-refractivity contribution in [1.82, 2.24) is 0 Å². The molecule has 11 nitrogen and oxygen atoms in total. The van der Waals surface area contributed by atoms with Crippen molar-refractivity contribution in [3.63, 3.8) is 0 Å². The van der Waals surface area contributed by atoms with E-state index in [1.165, 1.54) is 0 Å². The van der Waals surface area contributed by atoms with Crippen molar-refractivity contribution >= 4 is 5.71 Å². The van der Waals surface area contributed by atoms with E-state index in [9.17, 15) is 0 Å². The van der Waals surface area contributed by atoms with Gasteiger partial charge in [-0.3, -0.25) is 0 Å². The van der Waals surface area contributed by atoms with Crippen molar-refractivity contribution in [2.45, 2.75) is 76.1 Å². The molecule has 0 N–H and O–H groups in total. The smallest absolute Gasteiger partial charge is 0.233 e. The van der Waals surface area contributed by atoms with E-state index >= 15 is 0 Å². The van der Waals surface area contributed by atoms with E-state index in [2.05, 4.69) is 5.16 Å². The van der Waals surface area contributed by atoms with Crippen LogP contribution in [-0.2, 0) is 33.3 Å². The molecule has 1 aromatic carbocycles. The summed E-state index contributed by atoms with van der Waals surface area (Å²) in [5.74, 6) is -1.11. The third-order valence-electron chi connectivity index (χ3n) is 6.43. The van der Waals surface area contributed by atoms with Gasteiger partial charge in [-0.05, 0) is 27.7 Å². The average molecular weight is 496 g/mol. The minimum Gasteiger partial charge on any atom is -0.496 e. The van der Waals surface area contributed by atoms with Gasteiger partial charge in [0, 0.05) is 12.1 Å². The number of fused-ring (bicyclic) bond motifs is 1. The lowest BCUT2D eigenvalue weighted by molar-refractivity contribution is -0.353. The van der Waals surface area contributed by atoms with Gasteiger partial charge in [-0.25, -0.2) is 0 Å². The lowest BCUT2D eigenvalue weighted by atomic mass is 9.96. The zero-order valence-electron chi connectivity index (χ0n) is 21.1. The van der Waals surface area contributed by atoms with E-state index in [0.717, 1.165) is 0 Å². The molecule has 3 saturated heterocycles. The molecule has 1 aromatic rings. The topological polar surface area (TPSA) is 105 Å². The van der Waals surface area contributed by atoms with Gasteiger partial charge in [0.05, 0.1) is 39.9 Å². The summed E-state index contributed by atoms with van der Waals surface area (Å²) >= 11 is 0. The second-order valence-electron chi connectivity index (χ2n) is 9.79. The first-order valence-electron chi connectivity index (χ1n) is 11.6. The average Bonchev–Trinajstić information content (AvgIpc) is 3.49. The molecule has 3 fully saturated rings. The van der Waals surface area contributed by atoms with E-state index in [1.54, 1.807) is 33.5 Å². The van der Waals surface area contributed by atoms with Gasteiger partial charge in [0.2, 0.25) is 12.1 Å². The van der Waals surface area contributed by atoms with E-state index < -0.39 is 35.9 Å². The van der Waals surface area contributed by atoms with Crippen LogP contribution in [0.1, 0.15) is 39.7 Å². The molecule has 4 aliphatic rings. The fourth-order valence-electron chi connectivity index (χ4n) is 4.98. The molecule has 0 amide bonds. The molecule has 35 heavy (non-hydrogen) atoms. The van der Waals surface area contributed by atoms with Gasteiger partial charge in [-0.15, -0.1) is 0 Å². The van der Waals surface area contributed by atoms with Crippen LogP contribution < -0.4 is 14.2 Å². The van der Waals surface area contributed by atoms with Gasteiger partial charge >= 0.3 is 0 Å². The van der Waals surface area contributed by atoms with Crippen molar-refractivity contribution in [2.24, 2.45) is 5.16 Å². The standard InChI is InChI=1S/C24H33NO10/c1-22(2)30-12-24(35-22)21(20-17(11-29-24)32-23(3,4)33-20)31-18-10-14(25-34-18)19-15(27-6)8-13(26-5)9-16(19)28-7/h8-9,17-18,20-21H,10-12H2,1-7H3/t17-,18-,20-,21-,24+/m1/s1. The molecule has 0 unspecified atom stereocenters. The molecule has 0 aliphatic carbocycles. The quantitative estimate of drug-likeness (QED) is 0.585. The number of benzene rings is 1. The molecule has 1 spiro atoms. The highest BCUT2D eigenvalue weighted by molar-refractivity contribution is 6.06. The van der Waals surface area contributed by atoms with E-state index in [4.69, 9.17) is 47.5 Å². The Hall–Kier alpha value is -2.15. The second-order valence-corrected chi connectivity index (χ2v) is 9.79. The van der Waals surface area contributed by atoms with E-state index in [0.29, 0.717) is 41.6 Å². The minimum absolute atomic E-state index is 0.179. The van der Waals surface area contributed by atoms with Gasteiger partial charge in [0.1, 0.15) is 47.9 Å². The second kappa shape index (κ2) is 8.75. The molecule has 0 bridgehead atoms. The number of hydrogen-bond donors (Lipinski definition) is 0. The van der Waals surface area contributed by atoms with Gasteiger partial charge in [0.15, 0.2) is 11.6 Å². The van der Waals surface area contributed by atoms with Crippen molar-refractivity contribution < 1.29 is 47.5 Å². The molecule has 0 aromatic heterocycles. The predicted molar refractivity (Wildman–Crippen MR) is 121 cm³/mol. The van der Waals surface area contributed by atoms with Crippen LogP contribution in [0.25, 0.3) is 0 Å². The molecule has 11 heteroatoms. The van der Waals surface area contributed by atoms with Crippen molar-refractivity contribution in [1.29, 1.82) is 0 Å². The summed E-state index contributed by atoms with van der Waals surface area (Å²) in [7, 11) is 4.73. The first kappa shape index (κ1) is 24.5. The summed E-state index contributed by atoms with van der Waals surface area (Å²) in [6.07, 6.45) is -1.86. The van der Waals surface area contributed by atoms with Crippen LogP contribution in [0.4, 0.5) is 0 Å². The van der Waals surface area contributed by atoms with Crippen LogP contribution in [-0.4, -0.2) is 82.2 Å². The zero-order valence-corrected chi connectivity index (χ0v) is 21.1. The van der Waals surface area contributed by atoms with Crippen LogP contribution in [0, 0.1) is 0 Å². The Morgan fingerprint density at radius 2 is 1.63 bits per heavy atom. The maximum Gasteiger partial charge on any atom is 0.233 e. The Morgan fingerprint density at radius 3 is 2.23 bits per heavy atom. The molecule has 5 rings (SSSR count). The van der Waals surface area contributed by atoms with E-state index in [1.807, 2.05) is 27.7 Å². The Bertz CT molecular complexity index is 968. The predicted octanol–water partition coefficient (Wildman–Crippen LogP) is 2.58. The minimum atomic E-state index is -1.17. The first-order chi connectivity index (χ1) is 16.6. The fraction of sp³-hybridized carbons (Fsp3) is 0.708. The molecule has 194 valence electrons. The van der Waals surface area contributed by atoms with Gasteiger partial charge < -0.3 is 47.5 Å². The highest BCUT2D eigenvalue weighted by atomic mass is 16.9. The molecular weight excluding hydrogens is 462 g/mol. The summed E-state index contributed by atoms with van der Waals surface area (Å²) in [6.45, 7) is 7.86. The third-order valence-corrected chi connectivity index (χ3v) is 6.43. The van der Waals surface area contributed by atoms with Crippen LogP contribution in [0.15, 0.2) is 17.3 Å². The maximum absolute atomic E-state index is 6.46. The molecule has 5 atom stereocenters. The molecular formula is C24H33NO10. The normalized spacial score (nSPS) is 34.9. The van der Waals surface area contributed by atoms with Crippen LogP contribution in [0.5, 0.6) is 17.2 Å². The molecule has 4 aliphatic heterocycles. The molecule has 0 saturated carbocycles. The summed E-state index contributed by atoms with van der Waals surface area (Å²) in [5.41, 5.74) is 1.28.